The Kier molecular flexibility index (Phi) is 6.34. The van der Waals surface area contributed by atoms with Gasteiger partial charge in [0.2, 0.25) is 5.91 Å². The van der Waals surface area contributed by atoms with E-state index in [1.165, 1.54) is 0 Å². The molecule has 144 valence electrons. The number of fused-ring (bicyclic) bond motifs is 1. The number of benzene rings is 1. The first kappa shape index (κ1) is 19.9. The van der Waals surface area contributed by atoms with E-state index >= 15 is 0 Å². The van der Waals surface area contributed by atoms with Gasteiger partial charge in [-0.3, -0.25) is 4.79 Å². The SMILES string of the molecule is CC(C)NC(=O)N(C)C[C@H]1Oc2ccc(N)cc2CC(=O)N(C)C[C@H]1C. The van der Waals surface area contributed by atoms with Crippen LogP contribution in [0.4, 0.5) is 10.5 Å². The molecule has 1 aromatic carbocycles. The zero-order valence-electron chi connectivity index (χ0n) is 16.3. The first-order valence-corrected chi connectivity index (χ1v) is 8.98. The van der Waals surface area contributed by atoms with E-state index in [0.717, 1.165) is 5.56 Å². The minimum Gasteiger partial charge on any atom is -0.488 e. The molecular formula is C19H30N4O3. The third kappa shape index (κ3) is 5.03. The van der Waals surface area contributed by atoms with E-state index in [4.69, 9.17) is 10.5 Å². The molecule has 3 N–H and O–H groups in total. The molecule has 1 aliphatic rings. The highest BCUT2D eigenvalue weighted by Gasteiger charge is 2.28. The zero-order chi connectivity index (χ0) is 19.4. The lowest BCUT2D eigenvalue weighted by atomic mass is 10.0. The molecule has 3 amide bonds. The van der Waals surface area contributed by atoms with Crippen molar-refractivity contribution in [2.24, 2.45) is 5.92 Å². The maximum atomic E-state index is 12.5. The molecule has 7 heteroatoms. The standard InChI is InChI=1S/C19H30N4O3/c1-12(2)21-19(25)23(5)11-17-13(3)10-22(4)18(24)9-14-8-15(20)6-7-16(14)26-17/h6-8,12-13,17H,9-11,20H2,1-5H3,(H,21,25)/t13-,17-/m1/s1. The Morgan fingerprint density at radius 1 is 1.46 bits per heavy atom. The van der Waals surface area contributed by atoms with Crippen molar-refractivity contribution in [3.8, 4) is 5.75 Å². The lowest BCUT2D eigenvalue weighted by Gasteiger charge is -2.31. The number of anilines is 1. The largest absolute Gasteiger partial charge is 0.488 e. The molecule has 1 aliphatic heterocycles. The van der Waals surface area contributed by atoms with E-state index in [1.54, 1.807) is 42.1 Å². The summed E-state index contributed by atoms with van der Waals surface area (Å²) in [4.78, 5) is 28.0. The zero-order valence-corrected chi connectivity index (χ0v) is 16.3. The normalized spacial score (nSPS) is 20.5. The van der Waals surface area contributed by atoms with Crippen molar-refractivity contribution >= 4 is 17.6 Å². The minimum absolute atomic E-state index is 0.0267. The van der Waals surface area contributed by atoms with Crippen molar-refractivity contribution < 1.29 is 14.3 Å². The van der Waals surface area contributed by atoms with Crippen LogP contribution in [0.25, 0.3) is 0 Å². The van der Waals surface area contributed by atoms with Crippen LogP contribution in [0.15, 0.2) is 18.2 Å². The number of nitrogen functional groups attached to an aromatic ring is 1. The first-order valence-electron chi connectivity index (χ1n) is 8.98. The maximum absolute atomic E-state index is 12.5. The summed E-state index contributed by atoms with van der Waals surface area (Å²) in [6, 6.07) is 5.27. The Morgan fingerprint density at radius 2 is 2.15 bits per heavy atom. The van der Waals surface area contributed by atoms with Gasteiger partial charge in [0.15, 0.2) is 0 Å². The fourth-order valence-corrected chi connectivity index (χ4v) is 3.01. The Labute approximate surface area is 155 Å². The maximum Gasteiger partial charge on any atom is 0.317 e. The van der Waals surface area contributed by atoms with Gasteiger partial charge in [0.05, 0.1) is 13.0 Å². The molecule has 7 nitrogen and oxygen atoms in total. The molecule has 0 fully saturated rings. The fraction of sp³-hybridized carbons (Fsp3) is 0.579. The monoisotopic (exact) mass is 362 g/mol. The number of nitrogens with zero attached hydrogens (tertiary/aromatic N) is 2. The van der Waals surface area contributed by atoms with E-state index in [2.05, 4.69) is 5.32 Å². The number of carbonyl (C=O) groups is 2. The summed E-state index contributed by atoms with van der Waals surface area (Å²) in [5.74, 6) is 0.734. The van der Waals surface area contributed by atoms with Crippen LogP contribution in [0.5, 0.6) is 5.75 Å². The lowest BCUT2D eigenvalue weighted by Crippen LogP contribution is -2.48. The molecule has 2 atom stereocenters. The first-order chi connectivity index (χ1) is 12.2. The van der Waals surface area contributed by atoms with Gasteiger partial charge in [0.1, 0.15) is 11.9 Å². The van der Waals surface area contributed by atoms with Crippen LogP contribution in [0.1, 0.15) is 26.3 Å². The van der Waals surface area contributed by atoms with Gasteiger partial charge in [-0.05, 0) is 32.0 Å². The van der Waals surface area contributed by atoms with Crippen LogP contribution in [-0.4, -0.2) is 61.1 Å². The molecular weight excluding hydrogens is 332 g/mol. The second-order valence-electron chi connectivity index (χ2n) is 7.44. The highest BCUT2D eigenvalue weighted by atomic mass is 16.5. The molecule has 0 radical (unpaired) electrons. The third-order valence-corrected chi connectivity index (χ3v) is 4.54. The molecule has 1 aromatic rings. The number of nitrogens with one attached hydrogen (secondary N) is 1. The number of likely N-dealkylation sites (N-methyl/N-ethyl adjacent to an activating group) is 2. The van der Waals surface area contributed by atoms with Gasteiger partial charge in [-0.25, -0.2) is 4.79 Å². The van der Waals surface area contributed by atoms with Gasteiger partial charge in [0, 0.05) is 43.9 Å². The van der Waals surface area contributed by atoms with Crippen LogP contribution in [0, 0.1) is 5.92 Å². The average molecular weight is 362 g/mol. The van der Waals surface area contributed by atoms with Gasteiger partial charge < -0.3 is 25.6 Å². The highest BCUT2D eigenvalue weighted by Crippen LogP contribution is 2.27. The number of hydrogen-bond acceptors (Lipinski definition) is 4. The summed E-state index contributed by atoms with van der Waals surface area (Å²) in [7, 11) is 3.54. The second kappa shape index (κ2) is 8.29. The van der Waals surface area contributed by atoms with Gasteiger partial charge in [-0.1, -0.05) is 6.92 Å². The van der Waals surface area contributed by atoms with Crippen LogP contribution in [0.2, 0.25) is 0 Å². The molecule has 1 heterocycles. The summed E-state index contributed by atoms with van der Waals surface area (Å²) in [6.07, 6.45) is 0.00799. The number of urea groups is 1. The van der Waals surface area contributed by atoms with Crippen molar-refractivity contribution in [3.63, 3.8) is 0 Å². The number of rotatable bonds is 3. The van der Waals surface area contributed by atoms with Crippen molar-refractivity contribution in [1.29, 1.82) is 0 Å². The smallest absolute Gasteiger partial charge is 0.317 e. The Bertz CT molecular complexity index is 662. The van der Waals surface area contributed by atoms with Crippen LogP contribution < -0.4 is 15.8 Å². The van der Waals surface area contributed by atoms with Gasteiger partial charge in [0.25, 0.3) is 0 Å². The molecule has 26 heavy (non-hydrogen) atoms. The minimum atomic E-state index is -0.242. The third-order valence-electron chi connectivity index (χ3n) is 4.54. The van der Waals surface area contributed by atoms with E-state index in [1.807, 2.05) is 20.8 Å². The number of carbonyl (C=O) groups excluding carboxylic acids is 2. The molecule has 2 rings (SSSR count). The number of ether oxygens (including phenoxy) is 1. The predicted molar refractivity (Wildman–Crippen MR) is 102 cm³/mol. The van der Waals surface area contributed by atoms with Gasteiger partial charge in [-0.2, -0.15) is 0 Å². The molecule has 0 spiro atoms. The summed E-state index contributed by atoms with van der Waals surface area (Å²) < 4.78 is 6.25. The lowest BCUT2D eigenvalue weighted by molar-refractivity contribution is -0.129. The number of nitrogens with two attached hydrogens (primary N) is 1. The van der Waals surface area contributed by atoms with Gasteiger partial charge >= 0.3 is 6.03 Å². The molecule has 0 aromatic heterocycles. The average Bonchev–Trinajstić information content (AvgIpc) is 2.58. The molecule has 0 saturated heterocycles. The van der Waals surface area contributed by atoms with Crippen molar-refractivity contribution in [2.45, 2.75) is 39.3 Å². The van der Waals surface area contributed by atoms with E-state index in [9.17, 15) is 9.59 Å². The molecule has 0 aliphatic carbocycles. The number of amides is 3. The summed E-state index contributed by atoms with van der Waals surface area (Å²) in [6.45, 7) is 6.86. The van der Waals surface area contributed by atoms with Crippen LogP contribution in [0.3, 0.4) is 0 Å². The van der Waals surface area contributed by atoms with Crippen LogP contribution in [-0.2, 0) is 11.2 Å². The Hall–Kier alpha value is -2.44. The molecule has 0 saturated carbocycles. The van der Waals surface area contributed by atoms with Crippen molar-refractivity contribution in [2.75, 3.05) is 32.9 Å². The van der Waals surface area contributed by atoms with Crippen LogP contribution >= 0.6 is 0 Å². The Balaban J connectivity index is 2.25. The molecule has 0 bridgehead atoms. The Morgan fingerprint density at radius 3 is 2.81 bits per heavy atom. The second-order valence-corrected chi connectivity index (χ2v) is 7.44. The van der Waals surface area contributed by atoms with Crippen molar-refractivity contribution in [1.82, 2.24) is 15.1 Å². The predicted octanol–water partition coefficient (Wildman–Crippen LogP) is 1.72. The summed E-state index contributed by atoms with van der Waals surface area (Å²) in [5.41, 5.74) is 7.25. The molecule has 0 unspecified atom stereocenters. The topological polar surface area (TPSA) is 87.9 Å². The van der Waals surface area contributed by atoms with Crippen molar-refractivity contribution in [3.05, 3.63) is 23.8 Å². The highest BCUT2D eigenvalue weighted by molar-refractivity contribution is 5.80. The van der Waals surface area contributed by atoms with Gasteiger partial charge in [-0.15, -0.1) is 0 Å². The quantitative estimate of drug-likeness (QED) is 0.802. The summed E-state index contributed by atoms with van der Waals surface area (Å²) >= 11 is 0. The number of hydrogen-bond donors (Lipinski definition) is 2. The fourth-order valence-electron chi connectivity index (χ4n) is 3.01. The van der Waals surface area contributed by atoms with E-state index in [-0.39, 0.29) is 36.4 Å². The van der Waals surface area contributed by atoms with E-state index < -0.39 is 0 Å². The summed E-state index contributed by atoms with van der Waals surface area (Å²) in [5, 5.41) is 2.88. The van der Waals surface area contributed by atoms with E-state index in [0.29, 0.717) is 24.5 Å².